The summed E-state index contributed by atoms with van der Waals surface area (Å²) in [4.78, 5) is 0. The number of nitrogens with zero attached hydrogens (tertiary/aromatic N) is 4. The summed E-state index contributed by atoms with van der Waals surface area (Å²) in [6.45, 7) is 0.867. The van der Waals surface area contributed by atoms with E-state index in [-0.39, 0.29) is 0 Å². The summed E-state index contributed by atoms with van der Waals surface area (Å²) in [5.74, 6) is 0.924. The van der Waals surface area contributed by atoms with Gasteiger partial charge < -0.3 is 5.73 Å². The summed E-state index contributed by atoms with van der Waals surface area (Å²) in [7, 11) is 0. The van der Waals surface area contributed by atoms with E-state index < -0.39 is 0 Å². The van der Waals surface area contributed by atoms with Crippen molar-refractivity contribution in [3.05, 3.63) is 30.3 Å². The third-order valence-electron chi connectivity index (χ3n) is 1.82. The molecule has 15 heavy (non-hydrogen) atoms. The van der Waals surface area contributed by atoms with E-state index in [4.69, 9.17) is 0 Å². The molecule has 0 atom stereocenters. The molecule has 1 heterocycles. The number of quaternary nitrogens is 1. The fourth-order valence-electron chi connectivity index (χ4n) is 1.16. The van der Waals surface area contributed by atoms with Gasteiger partial charge in [-0.3, -0.25) is 0 Å². The minimum Gasteiger partial charge on any atom is -0.357 e. The molecule has 0 spiro atoms. The van der Waals surface area contributed by atoms with Gasteiger partial charge >= 0.3 is 0 Å². The summed E-state index contributed by atoms with van der Waals surface area (Å²) in [6, 6.07) is 9.85. The van der Waals surface area contributed by atoms with Crippen LogP contribution in [0.25, 0.3) is 5.69 Å². The Balaban J connectivity index is 2.25. The molecule has 1 aromatic heterocycles. The van der Waals surface area contributed by atoms with Crippen LogP contribution in [0, 0.1) is 0 Å². The van der Waals surface area contributed by atoms with E-state index in [0.717, 1.165) is 23.1 Å². The smallest absolute Gasteiger partial charge is 0.214 e. The summed E-state index contributed by atoms with van der Waals surface area (Å²) in [5.41, 5.74) is 4.77. The highest BCUT2D eigenvalue weighted by Gasteiger charge is 2.07. The molecule has 0 saturated heterocycles. The van der Waals surface area contributed by atoms with Crippen LogP contribution in [-0.2, 0) is 0 Å². The van der Waals surface area contributed by atoms with Crippen molar-refractivity contribution in [2.45, 2.75) is 5.16 Å². The molecular formula is C9H12N5S+. The monoisotopic (exact) mass is 222 g/mol. The largest absolute Gasteiger partial charge is 0.357 e. The Morgan fingerprint density at radius 1 is 1.27 bits per heavy atom. The Labute approximate surface area is 91.7 Å². The van der Waals surface area contributed by atoms with Gasteiger partial charge in [0.2, 0.25) is 5.16 Å². The minimum atomic E-state index is 0.810. The molecule has 1 aromatic carbocycles. The van der Waals surface area contributed by atoms with Gasteiger partial charge in [0, 0.05) is 0 Å². The fourth-order valence-corrected chi connectivity index (χ4v) is 1.85. The zero-order chi connectivity index (χ0) is 10.5. The Hall–Kier alpha value is -1.40. The van der Waals surface area contributed by atoms with Gasteiger partial charge in [-0.1, -0.05) is 30.0 Å². The SMILES string of the molecule is [NH3+]CCSc1nnnn1-c1ccccc1. The van der Waals surface area contributed by atoms with Crippen molar-refractivity contribution in [3.63, 3.8) is 0 Å². The first kappa shape index (κ1) is 10.1. The second kappa shape index (κ2) is 4.90. The van der Waals surface area contributed by atoms with Crippen LogP contribution >= 0.6 is 11.8 Å². The highest BCUT2D eigenvalue weighted by Crippen LogP contribution is 2.16. The maximum absolute atomic E-state index is 3.97. The highest BCUT2D eigenvalue weighted by atomic mass is 32.2. The molecule has 0 aliphatic carbocycles. The van der Waals surface area contributed by atoms with Crippen LogP contribution in [-0.4, -0.2) is 32.5 Å². The lowest BCUT2D eigenvalue weighted by atomic mass is 10.3. The number of rotatable bonds is 4. The first-order valence-electron chi connectivity index (χ1n) is 4.67. The first-order chi connectivity index (χ1) is 7.42. The van der Waals surface area contributed by atoms with Crippen LogP contribution in [0.15, 0.2) is 35.5 Å². The van der Waals surface area contributed by atoms with Crippen molar-refractivity contribution < 1.29 is 5.73 Å². The van der Waals surface area contributed by atoms with Gasteiger partial charge in [0.05, 0.1) is 18.0 Å². The van der Waals surface area contributed by atoms with Crippen molar-refractivity contribution >= 4 is 11.8 Å². The normalized spacial score (nSPS) is 10.5. The van der Waals surface area contributed by atoms with E-state index in [1.165, 1.54) is 0 Å². The van der Waals surface area contributed by atoms with E-state index in [0.29, 0.717) is 0 Å². The number of hydrogen-bond acceptors (Lipinski definition) is 4. The predicted molar refractivity (Wildman–Crippen MR) is 57.6 cm³/mol. The lowest BCUT2D eigenvalue weighted by Gasteiger charge is -2.01. The third-order valence-corrected chi connectivity index (χ3v) is 2.82. The summed E-state index contributed by atoms with van der Waals surface area (Å²) < 4.78 is 1.74. The molecule has 0 radical (unpaired) electrons. The highest BCUT2D eigenvalue weighted by molar-refractivity contribution is 7.99. The molecule has 0 saturated carbocycles. The molecular weight excluding hydrogens is 210 g/mol. The zero-order valence-electron chi connectivity index (χ0n) is 8.21. The van der Waals surface area contributed by atoms with E-state index in [2.05, 4.69) is 21.3 Å². The van der Waals surface area contributed by atoms with Gasteiger partial charge in [-0.05, 0) is 22.6 Å². The summed E-state index contributed by atoms with van der Waals surface area (Å²) >= 11 is 1.61. The average molecular weight is 222 g/mol. The number of hydrogen-bond donors (Lipinski definition) is 1. The van der Waals surface area contributed by atoms with E-state index >= 15 is 0 Å². The van der Waals surface area contributed by atoms with E-state index in [1.54, 1.807) is 16.4 Å². The molecule has 6 heteroatoms. The maximum atomic E-state index is 3.97. The van der Waals surface area contributed by atoms with Crippen molar-refractivity contribution in [3.8, 4) is 5.69 Å². The molecule has 0 aliphatic heterocycles. The fraction of sp³-hybridized carbons (Fsp3) is 0.222. The third kappa shape index (κ3) is 2.34. The van der Waals surface area contributed by atoms with Crippen LogP contribution in [0.4, 0.5) is 0 Å². The van der Waals surface area contributed by atoms with Crippen molar-refractivity contribution in [1.82, 2.24) is 20.2 Å². The minimum absolute atomic E-state index is 0.810. The van der Waals surface area contributed by atoms with Gasteiger partial charge in [-0.25, -0.2) is 0 Å². The molecule has 0 fully saturated rings. The standard InChI is InChI=1S/C9H11N5S/c10-6-7-15-9-11-12-13-14(9)8-4-2-1-3-5-8/h1-5H,6-7,10H2/p+1. The van der Waals surface area contributed by atoms with Crippen LogP contribution < -0.4 is 5.73 Å². The Kier molecular flexibility index (Phi) is 3.31. The molecule has 2 aromatic rings. The molecule has 3 N–H and O–H groups in total. The first-order valence-corrected chi connectivity index (χ1v) is 5.66. The van der Waals surface area contributed by atoms with Crippen LogP contribution in [0.1, 0.15) is 0 Å². The number of tetrazole rings is 1. The van der Waals surface area contributed by atoms with Crippen LogP contribution in [0.5, 0.6) is 0 Å². The zero-order valence-corrected chi connectivity index (χ0v) is 9.02. The molecule has 0 unspecified atom stereocenters. The quantitative estimate of drug-likeness (QED) is 0.739. The molecule has 0 amide bonds. The summed E-state index contributed by atoms with van der Waals surface area (Å²) in [6.07, 6.45) is 0. The van der Waals surface area contributed by atoms with E-state index in [9.17, 15) is 0 Å². The molecule has 0 bridgehead atoms. The van der Waals surface area contributed by atoms with Crippen LogP contribution in [0.2, 0.25) is 0 Å². The Bertz CT molecular complexity index is 413. The van der Waals surface area contributed by atoms with Crippen molar-refractivity contribution in [2.75, 3.05) is 12.3 Å². The van der Waals surface area contributed by atoms with Crippen LogP contribution in [0.3, 0.4) is 0 Å². The average Bonchev–Trinajstić information content (AvgIpc) is 2.75. The lowest BCUT2D eigenvalue weighted by Crippen LogP contribution is -2.51. The number of aromatic nitrogens is 4. The number of para-hydroxylation sites is 1. The second-order valence-electron chi connectivity index (χ2n) is 2.91. The second-order valence-corrected chi connectivity index (χ2v) is 3.97. The summed E-state index contributed by atoms with van der Waals surface area (Å²) in [5, 5.41) is 12.4. The molecule has 78 valence electrons. The Morgan fingerprint density at radius 2 is 2.07 bits per heavy atom. The maximum Gasteiger partial charge on any atom is 0.214 e. The van der Waals surface area contributed by atoms with Crippen molar-refractivity contribution in [1.29, 1.82) is 0 Å². The number of benzene rings is 1. The molecule has 2 rings (SSSR count). The van der Waals surface area contributed by atoms with Gasteiger partial charge in [-0.15, -0.1) is 5.10 Å². The molecule has 5 nitrogen and oxygen atoms in total. The van der Waals surface area contributed by atoms with Gasteiger partial charge in [0.15, 0.2) is 0 Å². The van der Waals surface area contributed by atoms with Crippen molar-refractivity contribution in [2.24, 2.45) is 0 Å². The van der Waals surface area contributed by atoms with Gasteiger partial charge in [-0.2, -0.15) is 4.68 Å². The molecule has 0 aliphatic rings. The lowest BCUT2D eigenvalue weighted by molar-refractivity contribution is -0.360. The number of thioether (sulfide) groups is 1. The van der Waals surface area contributed by atoms with E-state index in [1.807, 2.05) is 30.3 Å². The topological polar surface area (TPSA) is 71.2 Å². The van der Waals surface area contributed by atoms with Gasteiger partial charge in [0.25, 0.3) is 0 Å². The Morgan fingerprint density at radius 3 is 2.80 bits per heavy atom. The predicted octanol–water partition coefficient (Wildman–Crippen LogP) is -0.00370. The van der Waals surface area contributed by atoms with Gasteiger partial charge in [0.1, 0.15) is 0 Å².